The predicted octanol–water partition coefficient (Wildman–Crippen LogP) is -1.12. The number of nitrogens with one attached hydrogen (secondary N) is 2. The molecule has 0 radical (unpaired) electrons. The minimum atomic E-state index is -1.25. The molecule has 76 valence electrons. The Morgan fingerprint density at radius 2 is 2.08 bits per heavy atom. The predicted molar refractivity (Wildman–Crippen MR) is 53.3 cm³/mol. The molecular weight excluding hydrogens is 291 g/mol. The second kappa shape index (κ2) is 6.11. The van der Waals surface area contributed by atoms with Gasteiger partial charge < -0.3 is 15.5 Å². The molecule has 13 heavy (non-hydrogen) atoms. The first-order valence-corrected chi connectivity index (χ1v) is 4.60. The van der Waals surface area contributed by atoms with Crippen LogP contribution in [0.4, 0.5) is 0 Å². The third-order valence-electron chi connectivity index (χ3n) is 1.29. The number of halogens is 1. The van der Waals surface area contributed by atoms with E-state index in [4.69, 9.17) is 10.2 Å². The maximum absolute atomic E-state index is 10.9. The summed E-state index contributed by atoms with van der Waals surface area (Å²) in [6.45, 7) is 1.31. The number of hydrogen-bond acceptors (Lipinski definition) is 4. The van der Waals surface area contributed by atoms with Crippen molar-refractivity contribution < 1.29 is 19.8 Å². The standard InChI is InChI=1S/C6H11IN2O4/c1-3(10)5(6(12)13)9-4(11)2-8-7/h3,5,8,10H,2H2,1H3,(H,9,11)(H,12,13)/t3-,5?/m1/s1. The van der Waals surface area contributed by atoms with E-state index in [2.05, 4.69) is 8.85 Å². The highest BCUT2D eigenvalue weighted by molar-refractivity contribution is 14.1. The van der Waals surface area contributed by atoms with Gasteiger partial charge in [-0.2, -0.15) is 0 Å². The molecule has 0 aromatic heterocycles. The van der Waals surface area contributed by atoms with Crippen LogP contribution in [0.15, 0.2) is 0 Å². The van der Waals surface area contributed by atoms with Crippen LogP contribution in [0, 0.1) is 0 Å². The van der Waals surface area contributed by atoms with Crippen molar-refractivity contribution in [2.75, 3.05) is 6.54 Å². The van der Waals surface area contributed by atoms with Crippen molar-refractivity contribution in [1.82, 2.24) is 8.85 Å². The molecule has 7 heteroatoms. The van der Waals surface area contributed by atoms with Crippen molar-refractivity contribution in [3.8, 4) is 0 Å². The first-order valence-electron chi connectivity index (χ1n) is 3.52. The molecule has 0 aromatic carbocycles. The fourth-order valence-corrected chi connectivity index (χ4v) is 1.02. The van der Waals surface area contributed by atoms with Crippen molar-refractivity contribution >= 4 is 34.7 Å². The number of carbonyl (C=O) groups is 2. The normalized spacial score (nSPS) is 14.7. The van der Waals surface area contributed by atoms with Crippen LogP contribution < -0.4 is 8.85 Å². The van der Waals surface area contributed by atoms with E-state index in [0.717, 1.165) is 0 Å². The topological polar surface area (TPSA) is 98.7 Å². The molecule has 0 heterocycles. The summed E-state index contributed by atoms with van der Waals surface area (Å²) < 4.78 is 2.53. The highest BCUT2D eigenvalue weighted by atomic mass is 127. The second-order valence-electron chi connectivity index (χ2n) is 2.43. The van der Waals surface area contributed by atoms with Crippen LogP contribution in [0.2, 0.25) is 0 Å². The van der Waals surface area contributed by atoms with Gasteiger partial charge in [0, 0.05) is 22.9 Å². The summed E-state index contributed by atoms with van der Waals surface area (Å²) in [5.41, 5.74) is 0. The fraction of sp³-hybridized carbons (Fsp3) is 0.667. The van der Waals surface area contributed by atoms with Gasteiger partial charge in [-0.05, 0) is 6.92 Å². The molecule has 0 aromatic rings. The maximum Gasteiger partial charge on any atom is 0.328 e. The Bertz CT molecular complexity index is 197. The average molecular weight is 302 g/mol. The van der Waals surface area contributed by atoms with Gasteiger partial charge in [0.2, 0.25) is 5.91 Å². The lowest BCUT2D eigenvalue weighted by atomic mass is 10.2. The van der Waals surface area contributed by atoms with Crippen LogP contribution in [0.1, 0.15) is 6.92 Å². The second-order valence-corrected chi connectivity index (χ2v) is 3.20. The third kappa shape index (κ3) is 5.01. The van der Waals surface area contributed by atoms with Crippen LogP contribution in [0.5, 0.6) is 0 Å². The van der Waals surface area contributed by atoms with E-state index < -0.39 is 24.0 Å². The maximum atomic E-state index is 10.9. The molecular formula is C6H11IN2O4. The Balaban J connectivity index is 4.10. The van der Waals surface area contributed by atoms with Crippen molar-refractivity contribution in [2.45, 2.75) is 19.1 Å². The molecule has 1 unspecified atom stereocenters. The summed E-state index contributed by atoms with van der Waals surface area (Å²) in [5, 5.41) is 19.7. The van der Waals surface area contributed by atoms with Crippen LogP contribution in [0.3, 0.4) is 0 Å². The van der Waals surface area contributed by atoms with Gasteiger partial charge in [-0.3, -0.25) is 8.32 Å². The zero-order valence-electron chi connectivity index (χ0n) is 6.95. The SMILES string of the molecule is C[C@@H](O)C(NC(=O)CNI)C(=O)O. The molecule has 1 amide bonds. The fourth-order valence-electron chi connectivity index (χ4n) is 0.674. The minimum absolute atomic E-state index is 0.0110. The molecule has 0 aliphatic carbocycles. The van der Waals surface area contributed by atoms with Gasteiger partial charge in [0.05, 0.1) is 12.6 Å². The Kier molecular flexibility index (Phi) is 5.91. The number of amides is 1. The zero-order valence-corrected chi connectivity index (χ0v) is 9.11. The van der Waals surface area contributed by atoms with Gasteiger partial charge in [-0.25, -0.2) is 4.79 Å². The summed E-state index contributed by atoms with van der Waals surface area (Å²) >= 11 is 1.76. The summed E-state index contributed by atoms with van der Waals surface area (Å²) in [7, 11) is 0. The van der Waals surface area contributed by atoms with E-state index in [1.807, 2.05) is 0 Å². The molecule has 0 aliphatic heterocycles. The Morgan fingerprint density at radius 3 is 2.38 bits per heavy atom. The molecule has 2 atom stereocenters. The molecule has 0 saturated heterocycles. The van der Waals surface area contributed by atoms with Crippen LogP contribution in [-0.4, -0.2) is 40.8 Å². The third-order valence-corrected chi connectivity index (χ3v) is 1.67. The van der Waals surface area contributed by atoms with E-state index in [1.165, 1.54) is 6.92 Å². The van der Waals surface area contributed by atoms with Gasteiger partial charge >= 0.3 is 5.97 Å². The number of rotatable bonds is 5. The lowest BCUT2D eigenvalue weighted by Gasteiger charge is -2.16. The van der Waals surface area contributed by atoms with Gasteiger partial charge in [0.25, 0.3) is 0 Å². The lowest BCUT2D eigenvalue weighted by Crippen LogP contribution is -2.49. The van der Waals surface area contributed by atoms with Crippen molar-refractivity contribution in [1.29, 1.82) is 0 Å². The van der Waals surface area contributed by atoms with Gasteiger partial charge in [0.1, 0.15) is 0 Å². The monoisotopic (exact) mass is 302 g/mol. The molecule has 0 aliphatic rings. The Morgan fingerprint density at radius 1 is 1.54 bits per heavy atom. The smallest absolute Gasteiger partial charge is 0.328 e. The quantitative estimate of drug-likeness (QED) is 0.381. The molecule has 0 fully saturated rings. The summed E-state index contributed by atoms with van der Waals surface area (Å²) in [6.07, 6.45) is -1.12. The number of aliphatic carboxylic acids is 1. The van der Waals surface area contributed by atoms with E-state index in [0.29, 0.717) is 0 Å². The molecule has 6 nitrogen and oxygen atoms in total. The van der Waals surface area contributed by atoms with Crippen molar-refractivity contribution in [2.24, 2.45) is 0 Å². The van der Waals surface area contributed by atoms with E-state index >= 15 is 0 Å². The molecule has 4 N–H and O–H groups in total. The largest absolute Gasteiger partial charge is 0.480 e. The first kappa shape index (κ1) is 12.6. The summed E-state index contributed by atoms with van der Waals surface area (Å²) in [5.74, 6) is -1.72. The Labute approximate surface area is 89.2 Å². The highest BCUT2D eigenvalue weighted by Crippen LogP contribution is 1.92. The van der Waals surface area contributed by atoms with Crippen LogP contribution in [-0.2, 0) is 9.59 Å². The number of carbonyl (C=O) groups excluding carboxylic acids is 1. The minimum Gasteiger partial charge on any atom is -0.480 e. The van der Waals surface area contributed by atoms with Crippen molar-refractivity contribution in [3.63, 3.8) is 0 Å². The summed E-state index contributed by atoms with van der Waals surface area (Å²) in [6, 6.07) is -1.25. The van der Waals surface area contributed by atoms with Gasteiger partial charge in [0.15, 0.2) is 6.04 Å². The van der Waals surface area contributed by atoms with Gasteiger partial charge in [-0.1, -0.05) is 0 Å². The first-order chi connectivity index (χ1) is 5.99. The number of aliphatic hydroxyl groups is 1. The lowest BCUT2D eigenvalue weighted by molar-refractivity contribution is -0.144. The number of hydrogen-bond donors (Lipinski definition) is 4. The van der Waals surface area contributed by atoms with Crippen LogP contribution in [0.25, 0.3) is 0 Å². The van der Waals surface area contributed by atoms with Crippen molar-refractivity contribution in [3.05, 3.63) is 0 Å². The number of carboxylic acid groups (broad SMARTS) is 1. The molecule has 0 bridgehead atoms. The molecule has 0 saturated carbocycles. The number of carboxylic acids is 1. The zero-order chi connectivity index (χ0) is 10.4. The number of aliphatic hydroxyl groups excluding tert-OH is 1. The molecule has 0 rings (SSSR count). The van der Waals surface area contributed by atoms with Gasteiger partial charge in [-0.15, -0.1) is 0 Å². The Hall–Kier alpha value is -0.410. The highest BCUT2D eigenvalue weighted by Gasteiger charge is 2.24. The van der Waals surface area contributed by atoms with E-state index in [9.17, 15) is 9.59 Å². The average Bonchev–Trinajstić information content (AvgIpc) is 1.99. The van der Waals surface area contributed by atoms with Crippen LogP contribution >= 0.6 is 22.9 Å². The summed E-state index contributed by atoms with van der Waals surface area (Å²) in [4.78, 5) is 21.4. The van der Waals surface area contributed by atoms with E-state index in [-0.39, 0.29) is 6.54 Å². The molecule has 0 spiro atoms. The van der Waals surface area contributed by atoms with E-state index in [1.54, 1.807) is 22.9 Å².